The third-order valence-corrected chi connectivity index (χ3v) is 4.01. The minimum Gasteiger partial charge on any atom is -0.496 e. The Morgan fingerprint density at radius 1 is 1.15 bits per heavy atom. The molecule has 0 aliphatic rings. The van der Waals surface area contributed by atoms with Gasteiger partial charge in [-0.2, -0.15) is 0 Å². The lowest BCUT2D eigenvalue weighted by atomic mass is 9.94. The molecule has 1 unspecified atom stereocenters. The van der Waals surface area contributed by atoms with Crippen molar-refractivity contribution in [3.63, 3.8) is 0 Å². The van der Waals surface area contributed by atoms with E-state index >= 15 is 0 Å². The number of nitrogens with two attached hydrogens (primary N) is 1. The van der Waals surface area contributed by atoms with E-state index in [0.29, 0.717) is 0 Å². The van der Waals surface area contributed by atoms with E-state index in [1.807, 2.05) is 18.2 Å². The zero-order chi connectivity index (χ0) is 14.5. The first-order valence-electron chi connectivity index (χ1n) is 6.81. The van der Waals surface area contributed by atoms with Gasteiger partial charge in [-0.05, 0) is 47.7 Å². The first-order valence-corrected chi connectivity index (χ1v) is 7.60. The van der Waals surface area contributed by atoms with Gasteiger partial charge in [-0.15, -0.1) is 0 Å². The van der Waals surface area contributed by atoms with Crippen molar-refractivity contribution in [3.8, 4) is 5.75 Å². The van der Waals surface area contributed by atoms with Gasteiger partial charge < -0.3 is 10.5 Å². The zero-order valence-corrected chi connectivity index (χ0v) is 13.5. The SMILES string of the molecule is CCc1ccccc1C(N)Cc1cc(Br)ccc1OC. The summed E-state index contributed by atoms with van der Waals surface area (Å²) in [6, 6.07) is 14.4. The van der Waals surface area contributed by atoms with Gasteiger partial charge in [-0.3, -0.25) is 0 Å². The summed E-state index contributed by atoms with van der Waals surface area (Å²) in [5.74, 6) is 0.887. The molecule has 0 aromatic heterocycles. The third-order valence-electron chi connectivity index (χ3n) is 3.52. The maximum Gasteiger partial charge on any atom is 0.122 e. The average molecular weight is 334 g/mol. The number of hydrogen-bond donors (Lipinski definition) is 1. The molecule has 1 atom stereocenters. The fraction of sp³-hybridized carbons (Fsp3) is 0.294. The number of hydrogen-bond acceptors (Lipinski definition) is 2. The lowest BCUT2D eigenvalue weighted by Gasteiger charge is -2.17. The Morgan fingerprint density at radius 2 is 1.90 bits per heavy atom. The highest BCUT2D eigenvalue weighted by Crippen LogP contribution is 2.28. The summed E-state index contributed by atoms with van der Waals surface area (Å²) >= 11 is 3.50. The summed E-state index contributed by atoms with van der Waals surface area (Å²) in [4.78, 5) is 0. The van der Waals surface area contributed by atoms with Crippen LogP contribution in [0, 0.1) is 0 Å². The van der Waals surface area contributed by atoms with E-state index in [2.05, 4.69) is 47.1 Å². The molecule has 2 aromatic rings. The Morgan fingerprint density at radius 3 is 2.60 bits per heavy atom. The molecular weight excluding hydrogens is 314 g/mol. The van der Waals surface area contributed by atoms with Crippen molar-refractivity contribution in [2.75, 3.05) is 7.11 Å². The molecule has 0 heterocycles. The van der Waals surface area contributed by atoms with Crippen LogP contribution in [0.4, 0.5) is 0 Å². The molecule has 20 heavy (non-hydrogen) atoms. The van der Waals surface area contributed by atoms with Crippen LogP contribution in [0.3, 0.4) is 0 Å². The standard InChI is InChI=1S/C17H20BrNO/c1-3-12-6-4-5-7-15(12)16(19)11-13-10-14(18)8-9-17(13)20-2/h4-10,16H,3,11,19H2,1-2H3. The first-order chi connectivity index (χ1) is 9.65. The van der Waals surface area contributed by atoms with Crippen molar-refractivity contribution in [3.05, 3.63) is 63.6 Å². The van der Waals surface area contributed by atoms with E-state index in [9.17, 15) is 0 Å². The fourth-order valence-corrected chi connectivity index (χ4v) is 2.88. The second-order valence-electron chi connectivity index (χ2n) is 4.82. The normalized spacial score (nSPS) is 12.2. The lowest BCUT2D eigenvalue weighted by Crippen LogP contribution is -2.15. The Kier molecular flexibility index (Phi) is 5.21. The van der Waals surface area contributed by atoms with Gasteiger partial charge in [-0.1, -0.05) is 47.1 Å². The van der Waals surface area contributed by atoms with E-state index in [1.54, 1.807) is 7.11 Å². The molecule has 0 aliphatic heterocycles. The molecule has 0 saturated heterocycles. The highest BCUT2D eigenvalue weighted by Gasteiger charge is 2.13. The van der Waals surface area contributed by atoms with Gasteiger partial charge in [0.1, 0.15) is 5.75 Å². The Labute approximate surface area is 129 Å². The predicted octanol–water partition coefficient (Wildman–Crippen LogP) is 4.26. The number of rotatable bonds is 5. The molecule has 0 fully saturated rings. The average Bonchev–Trinajstić information content (AvgIpc) is 2.47. The van der Waals surface area contributed by atoms with E-state index in [0.717, 1.165) is 28.6 Å². The molecule has 0 spiro atoms. The lowest BCUT2D eigenvalue weighted by molar-refractivity contribution is 0.408. The maximum absolute atomic E-state index is 6.41. The molecule has 2 rings (SSSR count). The second-order valence-corrected chi connectivity index (χ2v) is 5.73. The van der Waals surface area contributed by atoms with Crippen LogP contribution in [0.2, 0.25) is 0 Å². The molecule has 0 radical (unpaired) electrons. The smallest absolute Gasteiger partial charge is 0.122 e. The quantitative estimate of drug-likeness (QED) is 0.887. The van der Waals surface area contributed by atoms with Crippen molar-refractivity contribution in [2.45, 2.75) is 25.8 Å². The highest BCUT2D eigenvalue weighted by molar-refractivity contribution is 9.10. The van der Waals surface area contributed by atoms with Crippen LogP contribution in [0.25, 0.3) is 0 Å². The van der Waals surface area contributed by atoms with E-state index in [4.69, 9.17) is 10.5 Å². The van der Waals surface area contributed by atoms with Crippen LogP contribution >= 0.6 is 15.9 Å². The van der Waals surface area contributed by atoms with Crippen molar-refractivity contribution < 1.29 is 4.74 Å². The van der Waals surface area contributed by atoms with Gasteiger partial charge >= 0.3 is 0 Å². The Hall–Kier alpha value is -1.32. The van der Waals surface area contributed by atoms with E-state index in [1.165, 1.54) is 11.1 Å². The van der Waals surface area contributed by atoms with E-state index < -0.39 is 0 Å². The van der Waals surface area contributed by atoms with Gasteiger partial charge in [0.2, 0.25) is 0 Å². The number of aryl methyl sites for hydroxylation is 1. The van der Waals surface area contributed by atoms with Crippen molar-refractivity contribution in [1.29, 1.82) is 0 Å². The molecule has 2 N–H and O–H groups in total. The fourth-order valence-electron chi connectivity index (χ4n) is 2.47. The summed E-state index contributed by atoms with van der Waals surface area (Å²) in [6.45, 7) is 2.16. The minimum atomic E-state index is -0.0191. The summed E-state index contributed by atoms with van der Waals surface area (Å²) in [7, 11) is 1.69. The third kappa shape index (κ3) is 3.41. The first kappa shape index (κ1) is 15.1. The van der Waals surface area contributed by atoms with Gasteiger partial charge in [-0.25, -0.2) is 0 Å². The molecule has 3 heteroatoms. The van der Waals surface area contributed by atoms with Gasteiger partial charge in [0, 0.05) is 10.5 Å². The van der Waals surface area contributed by atoms with Crippen LogP contribution in [0.1, 0.15) is 29.7 Å². The van der Waals surface area contributed by atoms with Crippen molar-refractivity contribution >= 4 is 15.9 Å². The number of methoxy groups -OCH3 is 1. The molecular formula is C17H20BrNO. The Bertz CT molecular complexity index is 583. The molecule has 0 aliphatic carbocycles. The van der Waals surface area contributed by atoms with Gasteiger partial charge in [0.25, 0.3) is 0 Å². The second kappa shape index (κ2) is 6.91. The zero-order valence-electron chi connectivity index (χ0n) is 11.9. The number of ether oxygens (including phenoxy) is 1. The van der Waals surface area contributed by atoms with Crippen LogP contribution in [0.5, 0.6) is 5.75 Å². The summed E-state index contributed by atoms with van der Waals surface area (Å²) in [5, 5.41) is 0. The van der Waals surface area contributed by atoms with Crippen LogP contribution < -0.4 is 10.5 Å². The van der Waals surface area contributed by atoms with Crippen molar-refractivity contribution in [2.24, 2.45) is 5.73 Å². The summed E-state index contributed by atoms with van der Waals surface area (Å²) in [6.07, 6.45) is 1.76. The largest absolute Gasteiger partial charge is 0.496 e. The number of halogens is 1. The number of benzene rings is 2. The molecule has 0 bridgehead atoms. The molecule has 2 nitrogen and oxygen atoms in total. The van der Waals surface area contributed by atoms with Gasteiger partial charge in [0.05, 0.1) is 7.11 Å². The highest BCUT2D eigenvalue weighted by atomic mass is 79.9. The molecule has 106 valence electrons. The topological polar surface area (TPSA) is 35.2 Å². The maximum atomic E-state index is 6.41. The summed E-state index contributed by atoms with van der Waals surface area (Å²) < 4.78 is 6.46. The Balaban J connectivity index is 2.27. The monoisotopic (exact) mass is 333 g/mol. The minimum absolute atomic E-state index is 0.0191. The molecule has 2 aromatic carbocycles. The van der Waals surface area contributed by atoms with Crippen LogP contribution in [-0.4, -0.2) is 7.11 Å². The molecule has 0 saturated carbocycles. The summed E-state index contributed by atoms with van der Waals surface area (Å²) in [5.41, 5.74) is 10.1. The van der Waals surface area contributed by atoms with Gasteiger partial charge in [0.15, 0.2) is 0 Å². The van der Waals surface area contributed by atoms with E-state index in [-0.39, 0.29) is 6.04 Å². The van der Waals surface area contributed by atoms with Crippen molar-refractivity contribution in [1.82, 2.24) is 0 Å². The van der Waals surface area contributed by atoms with Crippen LogP contribution in [-0.2, 0) is 12.8 Å². The predicted molar refractivity (Wildman–Crippen MR) is 87.1 cm³/mol. The van der Waals surface area contributed by atoms with Crippen LogP contribution in [0.15, 0.2) is 46.9 Å². The molecule has 0 amide bonds.